The molecule has 1 aliphatic rings. The van der Waals surface area contributed by atoms with E-state index in [0.717, 1.165) is 42.9 Å². The topological polar surface area (TPSA) is 58.2 Å². The maximum Gasteiger partial charge on any atom is 0.242 e. The minimum atomic E-state index is -0.448. The van der Waals surface area contributed by atoms with Crippen molar-refractivity contribution < 1.29 is 9.59 Å². The molecule has 1 aromatic carbocycles. The standard InChI is InChI=1S/C22H34N2O2S/c1-16(2)18-9-11-19(12-10-18)21(25)24-20(13-14-27-3)22(26)23-15-17-7-5-4-6-8-17/h4-8,16,18-20H,9-15H2,1-3H3,(H,23,26)(H,24,25)/t18?,19?,20-/m1/s1. The van der Waals surface area contributed by atoms with Gasteiger partial charge in [0.05, 0.1) is 0 Å². The zero-order chi connectivity index (χ0) is 19.6. The molecule has 2 rings (SSSR count). The molecule has 0 unspecified atom stereocenters. The first-order chi connectivity index (χ1) is 13.0. The summed E-state index contributed by atoms with van der Waals surface area (Å²) < 4.78 is 0. The van der Waals surface area contributed by atoms with Gasteiger partial charge in [0, 0.05) is 12.5 Å². The average molecular weight is 391 g/mol. The van der Waals surface area contributed by atoms with E-state index < -0.39 is 6.04 Å². The van der Waals surface area contributed by atoms with Crippen molar-refractivity contribution in [1.82, 2.24) is 10.6 Å². The predicted octanol–water partition coefficient (Wildman–Crippen LogP) is 4.00. The summed E-state index contributed by atoms with van der Waals surface area (Å²) >= 11 is 1.70. The van der Waals surface area contributed by atoms with Crippen LogP contribution in [0.4, 0.5) is 0 Å². The molecule has 1 fully saturated rings. The van der Waals surface area contributed by atoms with Gasteiger partial charge in [-0.3, -0.25) is 9.59 Å². The highest BCUT2D eigenvalue weighted by atomic mass is 32.2. The first-order valence-corrected chi connectivity index (χ1v) is 11.5. The fourth-order valence-corrected chi connectivity index (χ4v) is 4.22. The van der Waals surface area contributed by atoms with Crippen molar-refractivity contribution in [3.8, 4) is 0 Å². The second-order valence-electron chi connectivity index (χ2n) is 7.90. The first-order valence-electron chi connectivity index (χ1n) is 10.1. The van der Waals surface area contributed by atoms with Crippen LogP contribution in [0, 0.1) is 17.8 Å². The van der Waals surface area contributed by atoms with Crippen LogP contribution < -0.4 is 10.6 Å². The third kappa shape index (κ3) is 7.21. The van der Waals surface area contributed by atoms with E-state index in [-0.39, 0.29) is 17.7 Å². The minimum Gasteiger partial charge on any atom is -0.350 e. The molecule has 1 atom stereocenters. The van der Waals surface area contributed by atoms with Crippen LogP contribution in [0.5, 0.6) is 0 Å². The smallest absolute Gasteiger partial charge is 0.242 e. The SMILES string of the molecule is CSCC[C@@H](NC(=O)C1CCC(C(C)C)CC1)C(=O)NCc1ccccc1. The summed E-state index contributed by atoms with van der Waals surface area (Å²) in [6.45, 7) is 5.02. The molecule has 2 N–H and O–H groups in total. The second-order valence-corrected chi connectivity index (χ2v) is 8.89. The lowest BCUT2D eigenvalue weighted by Crippen LogP contribution is -2.49. The first kappa shape index (κ1) is 21.8. The van der Waals surface area contributed by atoms with Crippen LogP contribution in [-0.2, 0) is 16.1 Å². The van der Waals surface area contributed by atoms with Crippen LogP contribution in [0.25, 0.3) is 0 Å². The Kier molecular flexibility index (Phi) is 9.19. The number of rotatable bonds is 9. The summed E-state index contributed by atoms with van der Waals surface area (Å²) in [4.78, 5) is 25.4. The van der Waals surface area contributed by atoms with Gasteiger partial charge in [0.2, 0.25) is 11.8 Å². The molecule has 1 aliphatic carbocycles. The number of carbonyl (C=O) groups excluding carboxylic acids is 2. The number of amides is 2. The number of carbonyl (C=O) groups is 2. The van der Waals surface area contributed by atoms with Crippen LogP contribution in [0.1, 0.15) is 51.5 Å². The maximum atomic E-state index is 12.7. The van der Waals surface area contributed by atoms with Crippen molar-refractivity contribution in [2.24, 2.45) is 17.8 Å². The van der Waals surface area contributed by atoms with Crippen LogP contribution >= 0.6 is 11.8 Å². The van der Waals surface area contributed by atoms with Gasteiger partial charge in [-0.05, 0) is 61.5 Å². The Bertz CT molecular complexity index is 583. The van der Waals surface area contributed by atoms with Gasteiger partial charge in [0.15, 0.2) is 0 Å². The van der Waals surface area contributed by atoms with E-state index in [2.05, 4.69) is 24.5 Å². The van der Waals surface area contributed by atoms with E-state index in [4.69, 9.17) is 0 Å². The van der Waals surface area contributed by atoms with E-state index >= 15 is 0 Å². The fourth-order valence-electron chi connectivity index (χ4n) is 3.75. The van der Waals surface area contributed by atoms with Gasteiger partial charge < -0.3 is 10.6 Å². The summed E-state index contributed by atoms with van der Waals surface area (Å²) in [6.07, 6.45) is 6.80. The normalized spacial score (nSPS) is 20.9. The molecule has 0 aliphatic heterocycles. The van der Waals surface area contributed by atoms with Crippen molar-refractivity contribution >= 4 is 23.6 Å². The predicted molar refractivity (Wildman–Crippen MR) is 114 cm³/mol. The van der Waals surface area contributed by atoms with Crippen LogP contribution in [0.15, 0.2) is 30.3 Å². The molecule has 4 nitrogen and oxygen atoms in total. The van der Waals surface area contributed by atoms with Gasteiger partial charge in [-0.1, -0.05) is 44.2 Å². The molecule has 0 heterocycles. The Morgan fingerprint density at radius 1 is 1.11 bits per heavy atom. The molecular weight excluding hydrogens is 356 g/mol. The molecular formula is C22H34N2O2S. The largest absolute Gasteiger partial charge is 0.350 e. The van der Waals surface area contributed by atoms with Crippen LogP contribution in [0.3, 0.4) is 0 Å². The molecule has 0 aromatic heterocycles. The monoisotopic (exact) mass is 390 g/mol. The van der Waals surface area contributed by atoms with E-state index in [1.54, 1.807) is 11.8 Å². The summed E-state index contributed by atoms with van der Waals surface area (Å²) in [6, 6.07) is 9.41. The second kappa shape index (κ2) is 11.4. The van der Waals surface area contributed by atoms with Crippen LogP contribution in [0.2, 0.25) is 0 Å². The van der Waals surface area contributed by atoms with Crippen molar-refractivity contribution in [3.05, 3.63) is 35.9 Å². The van der Waals surface area contributed by atoms with Gasteiger partial charge in [-0.25, -0.2) is 0 Å². The van der Waals surface area contributed by atoms with Gasteiger partial charge in [0.1, 0.15) is 6.04 Å². The molecule has 150 valence electrons. The maximum absolute atomic E-state index is 12.7. The molecule has 5 heteroatoms. The highest BCUT2D eigenvalue weighted by molar-refractivity contribution is 7.98. The Balaban J connectivity index is 1.87. The summed E-state index contributed by atoms with van der Waals surface area (Å²) in [5, 5.41) is 6.01. The zero-order valence-corrected chi connectivity index (χ0v) is 17.7. The molecule has 1 saturated carbocycles. The van der Waals surface area contributed by atoms with Crippen molar-refractivity contribution in [3.63, 3.8) is 0 Å². The van der Waals surface area contributed by atoms with E-state index in [1.807, 2.05) is 36.6 Å². The lowest BCUT2D eigenvalue weighted by molar-refractivity contribution is -0.132. The minimum absolute atomic E-state index is 0.0539. The number of benzene rings is 1. The lowest BCUT2D eigenvalue weighted by atomic mass is 9.76. The third-order valence-corrected chi connectivity index (χ3v) is 6.28. The van der Waals surface area contributed by atoms with Gasteiger partial charge in [-0.15, -0.1) is 0 Å². The molecule has 27 heavy (non-hydrogen) atoms. The van der Waals surface area contributed by atoms with Crippen molar-refractivity contribution in [2.45, 2.75) is 58.5 Å². The Labute approximate surface area is 168 Å². The number of hydrogen-bond donors (Lipinski definition) is 2. The molecule has 0 radical (unpaired) electrons. The molecule has 1 aromatic rings. The molecule has 0 bridgehead atoms. The zero-order valence-electron chi connectivity index (χ0n) is 16.9. The summed E-state index contributed by atoms with van der Waals surface area (Å²) in [7, 11) is 0. The van der Waals surface area contributed by atoms with E-state index in [1.165, 1.54) is 0 Å². The Morgan fingerprint density at radius 2 is 1.78 bits per heavy atom. The van der Waals surface area contributed by atoms with Gasteiger partial charge in [0.25, 0.3) is 0 Å². The van der Waals surface area contributed by atoms with Crippen molar-refractivity contribution in [1.29, 1.82) is 0 Å². The highest BCUT2D eigenvalue weighted by Gasteiger charge is 2.30. The Hall–Kier alpha value is -1.49. The number of hydrogen-bond acceptors (Lipinski definition) is 3. The molecule has 2 amide bonds. The third-order valence-electron chi connectivity index (χ3n) is 5.64. The lowest BCUT2D eigenvalue weighted by Gasteiger charge is -2.31. The van der Waals surface area contributed by atoms with Crippen LogP contribution in [-0.4, -0.2) is 29.9 Å². The summed E-state index contributed by atoms with van der Waals surface area (Å²) in [5.74, 6) is 2.29. The quantitative estimate of drug-likeness (QED) is 0.670. The molecule has 0 saturated heterocycles. The van der Waals surface area contributed by atoms with E-state index in [9.17, 15) is 9.59 Å². The highest BCUT2D eigenvalue weighted by Crippen LogP contribution is 2.33. The van der Waals surface area contributed by atoms with Gasteiger partial charge in [-0.2, -0.15) is 11.8 Å². The number of thioether (sulfide) groups is 1. The Morgan fingerprint density at radius 3 is 2.37 bits per heavy atom. The van der Waals surface area contributed by atoms with Gasteiger partial charge >= 0.3 is 0 Å². The summed E-state index contributed by atoms with van der Waals surface area (Å²) in [5.41, 5.74) is 1.06. The van der Waals surface area contributed by atoms with E-state index in [0.29, 0.717) is 18.9 Å². The molecule has 0 spiro atoms. The number of nitrogens with one attached hydrogen (secondary N) is 2. The fraction of sp³-hybridized carbons (Fsp3) is 0.636. The van der Waals surface area contributed by atoms with Crippen molar-refractivity contribution in [2.75, 3.05) is 12.0 Å². The average Bonchev–Trinajstić information content (AvgIpc) is 2.70.